The van der Waals surface area contributed by atoms with Crippen LogP contribution in [-0.4, -0.2) is 0 Å². The van der Waals surface area contributed by atoms with E-state index in [1.165, 1.54) is 22.3 Å². The van der Waals surface area contributed by atoms with Crippen LogP contribution in [0.5, 0.6) is 0 Å². The van der Waals surface area contributed by atoms with Crippen molar-refractivity contribution in [1.29, 1.82) is 0 Å². The molecule has 0 aliphatic carbocycles. The molecule has 12 aromatic rings. The topological polar surface area (TPSA) is 19.6 Å². The number of furan rings is 1. The smallest absolute Gasteiger partial charge is 0.138 e. The maximum absolute atomic E-state index is 7.12. The fourth-order valence-electron chi connectivity index (χ4n) is 9.70. The van der Waals surface area contributed by atoms with Gasteiger partial charge in [-0.3, -0.25) is 0 Å². The Bertz CT molecular complexity index is 3660. The van der Waals surface area contributed by atoms with Gasteiger partial charge in [-0.1, -0.05) is 206 Å². The van der Waals surface area contributed by atoms with Crippen LogP contribution in [0.25, 0.3) is 77.2 Å². The zero-order valence-corrected chi connectivity index (χ0v) is 36.7. The van der Waals surface area contributed by atoms with E-state index in [2.05, 4.69) is 277 Å². The number of para-hydroxylation sites is 2. The number of hydrogen-bond donors (Lipinski definition) is 0. The van der Waals surface area contributed by atoms with Crippen LogP contribution in [0.2, 0.25) is 0 Å². The Morgan fingerprint density at radius 1 is 0.239 bits per heavy atom. The highest BCUT2D eigenvalue weighted by molar-refractivity contribution is 6.23. The molecule has 3 nitrogen and oxygen atoms in total. The van der Waals surface area contributed by atoms with Gasteiger partial charge in [-0.25, -0.2) is 0 Å². The van der Waals surface area contributed by atoms with Crippen molar-refractivity contribution in [3.05, 3.63) is 267 Å². The van der Waals surface area contributed by atoms with Crippen molar-refractivity contribution in [2.75, 3.05) is 9.80 Å². The predicted molar refractivity (Wildman–Crippen MR) is 282 cm³/mol. The second-order valence-corrected chi connectivity index (χ2v) is 16.9. The maximum Gasteiger partial charge on any atom is 0.138 e. The summed E-state index contributed by atoms with van der Waals surface area (Å²) in [5.41, 5.74) is 17.2. The van der Waals surface area contributed by atoms with Crippen molar-refractivity contribution in [3.8, 4) is 44.5 Å². The summed E-state index contributed by atoms with van der Waals surface area (Å²) in [7, 11) is 0. The van der Waals surface area contributed by atoms with E-state index in [-0.39, 0.29) is 0 Å². The summed E-state index contributed by atoms with van der Waals surface area (Å²) in [6.07, 6.45) is 0. The van der Waals surface area contributed by atoms with Crippen LogP contribution >= 0.6 is 0 Å². The third-order valence-corrected chi connectivity index (χ3v) is 12.9. The molecule has 0 aliphatic rings. The third kappa shape index (κ3) is 7.39. The molecule has 0 N–H and O–H groups in total. The molecule has 0 amide bonds. The lowest BCUT2D eigenvalue weighted by Crippen LogP contribution is -2.12. The van der Waals surface area contributed by atoms with Crippen LogP contribution in [-0.2, 0) is 0 Å². The first-order valence-electron chi connectivity index (χ1n) is 22.8. The number of fused-ring (bicyclic) bond motifs is 5. The van der Waals surface area contributed by atoms with Crippen LogP contribution < -0.4 is 9.80 Å². The first-order chi connectivity index (χ1) is 33.2. The normalized spacial score (nSPS) is 11.3. The van der Waals surface area contributed by atoms with Gasteiger partial charge < -0.3 is 14.2 Å². The lowest BCUT2D eigenvalue weighted by atomic mass is 9.98. The minimum Gasteiger partial charge on any atom is -0.456 e. The SMILES string of the molecule is c1ccc(-c2ccc(N(c3ccc4c(c3)oc3cc(N(c5ccc(-c6ccccc6)cc5)c5ccccc5-c5ccccc5)c5ccccc5c34)c3ccccc3-c3ccccc3)cc2)cc1. The highest BCUT2D eigenvalue weighted by Gasteiger charge is 2.24. The van der Waals surface area contributed by atoms with Gasteiger partial charge >= 0.3 is 0 Å². The monoisotopic (exact) mass is 856 g/mol. The molecule has 0 saturated heterocycles. The molecule has 316 valence electrons. The van der Waals surface area contributed by atoms with Gasteiger partial charge in [-0.15, -0.1) is 0 Å². The highest BCUT2D eigenvalue weighted by atomic mass is 16.3. The summed E-state index contributed by atoms with van der Waals surface area (Å²) >= 11 is 0. The first kappa shape index (κ1) is 39.7. The molecule has 0 radical (unpaired) electrons. The van der Waals surface area contributed by atoms with E-state index >= 15 is 0 Å². The number of rotatable bonds is 10. The fraction of sp³-hybridized carbons (Fsp3) is 0. The van der Waals surface area contributed by atoms with Crippen molar-refractivity contribution in [2.45, 2.75) is 0 Å². The van der Waals surface area contributed by atoms with E-state index in [0.717, 1.165) is 89.1 Å². The second-order valence-electron chi connectivity index (χ2n) is 16.9. The fourth-order valence-corrected chi connectivity index (χ4v) is 9.70. The molecule has 1 aromatic heterocycles. The van der Waals surface area contributed by atoms with Gasteiger partial charge in [0.25, 0.3) is 0 Å². The van der Waals surface area contributed by atoms with E-state index < -0.39 is 0 Å². The average molecular weight is 857 g/mol. The van der Waals surface area contributed by atoms with E-state index in [1.54, 1.807) is 0 Å². The summed E-state index contributed by atoms with van der Waals surface area (Å²) in [5.74, 6) is 0. The number of hydrogen-bond acceptors (Lipinski definition) is 3. The number of benzene rings is 11. The summed E-state index contributed by atoms with van der Waals surface area (Å²) in [6, 6.07) is 95.3. The Labute approximate surface area is 390 Å². The lowest BCUT2D eigenvalue weighted by Gasteiger charge is -2.29. The summed E-state index contributed by atoms with van der Waals surface area (Å²) in [5, 5.41) is 4.43. The third-order valence-electron chi connectivity index (χ3n) is 12.9. The molecule has 0 bridgehead atoms. The second kappa shape index (κ2) is 17.2. The lowest BCUT2D eigenvalue weighted by molar-refractivity contribution is 0.669. The van der Waals surface area contributed by atoms with Crippen molar-refractivity contribution < 1.29 is 4.42 Å². The van der Waals surface area contributed by atoms with Gasteiger partial charge in [0, 0.05) is 56.5 Å². The van der Waals surface area contributed by atoms with Crippen LogP contribution in [0.4, 0.5) is 34.1 Å². The van der Waals surface area contributed by atoms with Crippen molar-refractivity contribution in [2.24, 2.45) is 0 Å². The van der Waals surface area contributed by atoms with Crippen molar-refractivity contribution in [1.82, 2.24) is 0 Å². The van der Waals surface area contributed by atoms with E-state index in [4.69, 9.17) is 4.42 Å². The molecule has 67 heavy (non-hydrogen) atoms. The Balaban J connectivity index is 1.05. The average Bonchev–Trinajstić information content (AvgIpc) is 3.78. The standard InChI is InChI=1S/C64H44N2O/c1-5-19-45(20-6-1)47-33-37-51(38-34-47)65(59-31-17-15-27-54(59)49-23-9-3-10-24-49)53-41-42-58-62(43-53)67-63-44-61(56-29-13-14-30-57(56)64(58)63)66(52-39-35-48(36-40-52)46-21-7-2-8-22-46)60-32-18-16-28-55(60)50-25-11-4-12-26-50/h1-44H. The number of nitrogens with zero attached hydrogens (tertiary/aromatic N) is 2. The van der Waals surface area contributed by atoms with Gasteiger partial charge in [0.1, 0.15) is 11.2 Å². The molecular weight excluding hydrogens is 813 g/mol. The molecule has 1 heterocycles. The van der Waals surface area contributed by atoms with Gasteiger partial charge in [-0.05, 0) is 87.3 Å². The zero-order valence-electron chi connectivity index (χ0n) is 36.7. The summed E-state index contributed by atoms with van der Waals surface area (Å²) in [6.45, 7) is 0. The minimum absolute atomic E-state index is 0.821. The molecule has 11 aromatic carbocycles. The minimum atomic E-state index is 0.821. The van der Waals surface area contributed by atoms with Crippen LogP contribution in [0.15, 0.2) is 271 Å². The molecule has 0 unspecified atom stereocenters. The number of anilines is 6. The van der Waals surface area contributed by atoms with Gasteiger partial charge in [0.05, 0.1) is 17.1 Å². The van der Waals surface area contributed by atoms with Gasteiger partial charge in [0.15, 0.2) is 0 Å². The zero-order chi connectivity index (χ0) is 44.5. The molecule has 0 atom stereocenters. The molecule has 3 heteroatoms. The van der Waals surface area contributed by atoms with E-state index in [1.807, 2.05) is 0 Å². The quantitative estimate of drug-likeness (QED) is 0.137. The Morgan fingerprint density at radius 2 is 0.642 bits per heavy atom. The Kier molecular flexibility index (Phi) is 10.2. The summed E-state index contributed by atoms with van der Waals surface area (Å²) < 4.78 is 7.12. The van der Waals surface area contributed by atoms with Gasteiger partial charge in [0.2, 0.25) is 0 Å². The molecule has 0 spiro atoms. The molecule has 0 fully saturated rings. The predicted octanol–water partition coefficient (Wildman–Crippen LogP) is 18.3. The Hall–Kier alpha value is -8.92. The van der Waals surface area contributed by atoms with Crippen molar-refractivity contribution >= 4 is 66.8 Å². The molecular formula is C64H44N2O. The largest absolute Gasteiger partial charge is 0.456 e. The van der Waals surface area contributed by atoms with Crippen molar-refractivity contribution in [3.63, 3.8) is 0 Å². The molecule has 0 saturated carbocycles. The van der Waals surface area contributed by atoms with Crippen LogP contribution in [0, 0.1) is 0 Å². The first-order valence-corrected chi connectivity index (χ1v) is 22.8. The summed E-state index contributed by atoms with van der Waals surface area (Å²) in [4.78, 5) is 4.76. The van der Waals surface area contributed by atoms with Gasteiger partial charge in [-0.2, -0.15) is 0 Å². The molecule has 12 rings (SSSR count). The van der Waals surface area contributed by atoms with Crippen LogP contribution in [0.1, 0.15) is 0 Å². The van der Waals surface area contributed by atoms with Crippen LogP contribution in [0.3, 0.4) is 0 Å². The van der Waals surface area contributed by atoms with E-state index in [9.17, 15) is 0 Å². The highest BCUT2D eigenvalue weighted by Crippen LogP contribution is 2.49. The molecule has 0 aliphatic heterocycles. The van der Waals surface area contributed by atoms with E-state index in [0.29, 0.717) is 0 Å². The maximum atomic E-state index is 7.12. The Morgan fingerprint density at radius 3 is 1.18 bits per heavy atom.